The summed E-state index contributed by atoms with van der Waals surface area (Å²) in [7, 11) is 0. The van der Waals surface area contributed by atoms with Crippen LogP contribution in [0.4, 0.5) is 4.79 Å². The first-order chi connectivity index (χ1) is 8.29. The van der Waals surface area contributed by atoms with Crippen LogP contribution in [-0.4, -0.2) is 41.4 Å². The minimum Gasteiger partial charge on any atom is -0.480 e. The molecule has 0 saturated heterocycles. The van der Waals surface area contributed by atoms with Gasteiger partial charge in [-0.1, -0.05) is 27.7 Å². The summed E-state index contributed by atoms with van der Waals surface area (Å²) in [6.45, 7) is 8.19. The van der Waals surface area contributed by atoms with Crippen LogP contribution in [0.25, 0.3) is 0 Å². The van der Waals surface area contributed by atoms with E-state index in [1.165, 1.54) is 0 Å². The molecule has 6 nitrogen and oxygen atoms in total. The van der Waals surface area contributed by atoms with Crippen LogP contribution in [0.15, 0.2) is 0 Å². The summed E-state index contributed by atoms with van der Waals surface area (Å²) in [5, 5.41) is 22.3. The maximum absolute atomic E-state index is 11.5. The zero-order chi connectivity index (χ0) is 14.3. The van der Waals surface area contributed by atoms with Crippen LogP contribution in [0, 0.1) is 17.8 Å². The van der Waals surface area contributed by atoms with Gasteiger partial charge in [-0.25, -0.2) is 9.59 Å². The Morgan fingerprint density at radius 1 is 1.11 bits per heavy atom. The third-order valence-corrected chi connectivity index (χ3v) is 3.00. The summed E-state index contributed by atoms with van der Waals surface area (Å²) >= 11 is 0. The standard InChI is InChI=1S/C12H24N2O4/c1-7(2)9(8(3)4)5-13-12(18)14-10(6-15)11(16)17/h7-10,15H,5-6H2,1-4H3,(H,16,17)(H2,13,14,18). The highest BCUT2D eigenvalue weighted by Crippen LogP contribution is 2.19. The molecule has 4 N–H and O–H groups in total. The van der Waals surface area contributed by atoms with Crippen LogP contribution in [0.3, 0.4) is 0 Å². The van der Waals surface area contributed by atoms with Crippen molar-refractivity contribution >= 4 is 12.0 Å². The lowest BCUT2D eigenvalue weighted by Gasteiger charge is -2.25. The number of rotatable bonds is 7. The van der Waals surface area contributed by atoms with Crippen LogP contribution in [0.1, 0.15) is 27.7 Å². The molecule has 0 aromatic rings. The highest BCUT2D eigenvalue weighted by Gasteiger charge is 2.21. The average molecular weight is 260 g/mol. The number of amides is 2. The van der Waals surface area contributed by atoms with Gasteiger partial charge in [-0.05, 0) is 17.8 Å². The Hall–Kier alpha value is -1.30. The first-order valence-electron chi connectivity index (χ1n) is 6.17. The van der Waals surface area contributed by atoms with Gasteiger partial charge in [0.05, 0.1) is 6.61 Å². The number of aliphatic hydroxyl groups is 1. The summed E-state index contributed by atoms with van der Waals surface area (Å²) in [6.07, 6.45) is 0. The fourth-order valence-electron chi connectivity index (χ4n) is 1.85. The van der Waals surface area contributed by atoms with Crippen molar-refractivity contribution in [3.63, 3.8) is 0 Å². The fourth-order valence-corrected chi connectivity index (χ4v) is 1.85. The third-order valence-electron chi connectivity index (χ3n) is 3.00. The van der Waals surface area contributed by atoms with E-state index < -0.39 is 24.6 Å². The number of carbonyl (C=O) groups is 2. The molecule has 0 spiro atoms. The van der Waals surface area contributed by atoms with Gasteiger partial charge in [-0.3, -0.25) is 0 Å². The number of urea groups is 1. The van der Waals surface area contributed by atoms with E-state index >= 15 is 0 Å². The lowest BCUT2D eigenvalue weighted by Crippen LogP contribution is -2.49. The third kappa shape index (κ3) is 5.86. The Bertz CT molecular complexity index is 271. The summed E-state index contributed by atoms with van der Waals surface area (Å²) in [6, 6.07) is -1.83. The van der Waals surface area contributed by atoms with E-state index in [2.05, 4.69) is 38.3 Å². The Morgan fingerprint density at radius 3 is 1.94 bits per heavy atom. The Kier molecular flexibility index (Phi) is 7.35. The van der Waals surface area contributed by atoms with E-state index in [1.54, 1.807) is 0 Å². The highest BCUT2D eigenvalue weighted by atomic mass is 16.4. The van der Waals surface area contributed by atoms with Gasteiger partial charge in [-0.2, -0.15) is 0 Å². The van der Waals surface area contributed by atoms with E-state index in [4.69, 9.17) is 10.2 Å². The number of hydrogen-bond acceptors (Lipinski definition) is 3. The molecule has 0 aromatic carbocycles. The summed E-state index contributed by atoms with van der Waals surface area (Å²) in [5.41, 5.74) is 0. The van der Waals surface area contributed by atoms with Crippen molar-refractivity contribution in [1.29, 1.82) is 0 Å². The van der Waals surface area contributed by atoms with Gasteiger partial charge in [0.25, 0.3) is 0 Å². The molecule has 0 aliphatic rings. The van der Waals surface area contributed by atoms with Gasteiger partial charge in [0.2, 0.25) is 0 Å². The van der Waals surface area contributed by atoms with Gasteiger partial charge in [0.1, 0.15) is 0 Å². The van der Waals surface area contributed by atoms with Crippen molar-refractivity contribution in [2.75, 3.05) is 13.2 Å². The summed E-state index contributed by atoms with van der Waals surface area (Å²) in [4.78, 5) is 22.1. The molecular formula is C12H24N2O4. The molecule has 6 heteroatoms. The molecule has 0 bridgehead atoms. The molecule has 0 aromatic heterocycles. The zero-order valence-corrected chi connectivity index (χ0v) is 11.4. The first kappa shape index (κ1) is 16.7. The molecular weight excluding hydrogens is 236 g/mol. The predicted molar refractivity (Wildman–Crippen MR) is 68.2 cm³/mol. The van der Waals surface area contributed by atoms with E-state index in [1.807, 2.05) is 0 Å². The topological polar surface area (TPSA) is 98.7 Å². The second-order valence-corrected chi connectivity index (χ2v) is 5.08. The van der Waals surface area contributed by atoms with Crippen molar-refractivity contribution in [2.24, 2.45) is 17.8 Å². The van der Waals surface area contributed by atoms with E-state index in [0.29, 0.717) is 24.3 Å². The van der Waals surface area contributed by atoms with Crippen LogP contribution < -0.4 is 10.6 Å². The number of aliphatic hydroxyl groups excluding tert-OH is 1. The van der Waals surface area contributed by atoms with Crippen molar-refractivity contribution < 1.29 is 19.8 Å². The van der Waals surface area contributed by atoms with Gasteiger partial charge in [-0.15, -0.1) is 0 Å². The van der Waals surface area contributed by atoms with Gasteiger partial charge >= 0.3 is 12.0 Å². The normalized spacial score (nSPS) is 12.9. The molecule has 0 saturated carbocycles. The van der Waals surface area contributed by atoms with Crippen LogP contribution in [-0.2, 0) is 4.79 Å². The SMILES string of the molecule is CC(C)C(CNC(=O)NC(CO)C(=O)O)C(C)C. The predicted octanol–water partition coefficient (Wildman–Crippen LogP) is 0.659. The van der Waals surface area contributed by atoms with Crippen molar-refractivity contribution in [1.82, 2.24) is 10.6 Å². The molecule has 0 aliphatic carbocycles. The Labute approximate surface area is 108 Å². The van der Waals surface area contributed by atoms with Crippen LogP contribution in [0.5, 0.6) is 0 Å². The first-order valence-corrected chi connectivity index (χ1v) is 6.17. The van der Waals surface area contributed by atoms with Crippen molar-refractivity contribution in [3.05, 3.63) is 0 Å². The second kappa shape index (κ2) is 7.92. The lowest BCUT2D eigenvalue weighted by molar-refractivity contribution is -0.140. The van der Waals surface area contributed by atoms with Crippen molar-refractivity contribution in [3.8, 4) is 0 Å². The van der Waals surface area contributed by atoms with E-state index in [-0.39, 0.29) is 0 Å². The highest BCUT2D eigenvalue weighted by molar-refractivity contribution is 5.82. The van der Waals surface area contributed by atoms with E-state index in [0.717, 1.165) is 0 Å². The monoisotopic (exact) mass is 260 g/mol. The number of aliphatic carboxylic acids is 1. The van der Waals surface area contributed by atoms with Crippen molar-refractivity contribution in [2.45, 2.75) is 33.7 Å². The average Bonchev–Trinajstić information content (AvgIpc) is 2.24. The lowest BCUT2D eigenvalue weighted by atomic mass is 9.85. The minimum absolute atomic E-state index is 0.327. The molecule has 0 fully saturated rings. The largest absolute Gasteiger partial charge is 0.480 e. The maximum Gasteiger partial charge on any atom is 0.328 e. The van der Waals surface area contributed by atoms with Crippen LogP contribution in [0.2, 0.25) is 0 Å². The molecule has 0 aliphatic heterocycles. The zero-order valence-electron chi connectivity index (χ0n) is 11.4. The van der Waals surface area contributed by atoms with E-state index in [9.17, 15) is 9.59 Å². The molecule has 106 valence electrons. The fraction of sp³-hybridized carbons (Fsp3) is 0.833. The molecule has 0 radical (unpaired) electrons. The number of carboxylic acid groups (broad SMARTS) is 1. The molecule has 0 heterocycles. The smallest absolute Gasteiger partial charge is 0.328 e. The molecule has 18 heavy (non-hydrogen) atoms. The summed E-state index contributed by atoms with van der Waals surface area (Å²) < 4.78 is 0. The van der Waals surface area contributed by atoms with Gasteiger partial charge in [0.15, 0.2) is 6.04 Å². The van der Waals surface area contributed by atoms with Crippen LogP contribution >= 0.6 is 0 Å². The number of hydrogen-bond donors (Lipinski definition) is 4. The molecule has 2 amide bonds. The quantitative estimate of drug-likeness (QED) is 0.540. The van der Waals surface area contributed by atoms with Gasteiger partial charge < -0.3 is 20.8 Å². The second-order valence-electron chi connectivity index (χ2n) is 5.08. The number of carboxylic acids is 1. The summed E-state index contributed by atoms with van der Waals surface area (Å²) in [5.74, 6) is -0.0677. The molecule has 1 unspecified atom stereocenters. The maximum atomic E-state index is 11.5. The molecule has 1 atom stereocenters. The Balaban J connectivity index is 4.20. The minimum atomic E-state index is -1.26. The number of carbonyl (C=O) groups excluding carboxylic acids is 1. The van der Waals surface area contributed by atoms with Gasteiger partial charge in [0, 0.05) is 6.54 Å². The number of nitrogens with one attached hydrogen (secondary N) is 2. The Morgan fingerprint density at radius 2 is 1.61 bits per heavy atom. The molecule has 0 rings (SSSR count).